The van der Waals surface area contributed by atoms with E-state index in [2.05, 4.69) is 57.7 Å². The summed E-state index contributed by atoms with van der Waals surface area (Å²) in [6, 6.07) is 16.4. The Hall–Kier alpha value is -6.18. The second-order valence-corrected chi connectivity index (χ2v) is 18.2. The number of carbonyl (C=O) groups excluding carboxylic acids is 4. The number of anilines is 4. The van der Waals surface area contributed by atoms with Crippen molar-refractivity contribution in [3.63, 3.8) is 0 Å². The monoisotopic (exact) mass is 871 g/mol. The molecular weight excluding hydrogens is 825 g/mol. The van der Waals surface area contributed by atoms with Crippen LogP contribution in [0.15, 0.2) is 54.9 Å². The minimum atomic E-state index is -0.847. The van der Waals surface area contributed by atoms with E-state index in [9.17, 15) is 24.4 Å². The van der Waals surface area contributed by atoms with Crippen LogP contribution in [-0.2, 0) is 29.1 Å². The zero-order chi connectivity index (χ0) is 43.4. The molecule has 1 unspecified atom stereocenters. The lowest BCUT2D eigenvalue weighted by Crippen LogP contribution is -2.57. The third-order valence-electron chi connectivity index (χ3n) is 14.2. The highest BCUT2D eigenvalue weighted by atomic mass is 35.5. The first kappa shape index (κ1) is 40.9. The molecule has 1 atom stereocenters. The molecule has 0 radical (unpaired) electrons. The summed E-state index contributed by atoms with van der Waals surface area (Å²) in [5, 5.41) is 18.2. The zero-order valence-corrected chi connectivity index (χ0v) is 35.5. The van der Waals surface area contributed by atoms with E-state index in [1.807, 2.05) is 18.2 Å². The number of fused-ring (bicyclic) bond motifs is 2. The smallest absolute Gasteiger partial charge is 0.256 e. The summed E-state index contributed by atoms with van der Waals surface area (Å²) in [4.78, 5) is 72.3. The average Bonchev–Trinajstić information content (AvgIpc) is 3.60. The predicted octanol–water partition coefficient (Wildman–Crippen LogP) is 5.25. The average molecular weight is 872 g/mol. The van der Waals surface area contributed by atoms with Crippen LogP contribution in [0.5, 0.6) is 0 Å². The number of hydrogen-bond donors (Lipinski definition) is 3. The molecule has 3 N–H and O–H groups in total. The van der Waals surface area contributed by atoms with Gasteiger partial charge in [0, 0.05) is 67.2 Å². The molecule has 4 amide bonds. The maximum Gasteiger partial charge on any atom is 0.256 e. The van der Waals surface area contributed by atoms with E-state index in [0.717, 1.165) is 92.9 Å². The first-order chi connectivity index (χ1) is 30.5. The van der Waals surface area contributed by atoms with E-state index in [1.165, 1.54) is 12.4 Å². The molecule has 2 aromatic heterocycles. The number of piperidine rings is 3. The quantitative estimate of drug-likeness (QED) is 0.155. The molecule has 5 aliphatic heterocycles. The minimum absolute atomic E-state index is 0.00406. The predicted molar refractivity (Wildman–Crippen MR) is 232 cm³/mol. The van der Waals surface area contributed by atoms with Gasteiger partial charge in [-0.25, -0.2) is 15.0 Å². The molecule has 1 aliphatic carbocycles. The van der Waals surface area contributed by atoms with Gasteiger partial charge in [-0.05, 0) is 124 Å². The fourth-order valence-electron chi connectivity index (χ4n) is 10.6. The van der Waals surface area contributed by atoms with Gasteiger partial charge >= 0.3 is 0 Å². The first-order valence-electron chi connectivity index (χ1n) is 21.8. The fraction of sp³-hybridized carbons (Fsp3) is 0.435. The van der Waals surface area contributed by atoms with Crippen molar-refractivity contribution >= 4 is 58.2 Å². The molecule has 3 saturated heterocycles. The normalized spacial score (nSPS) is 21.4. The van der Waals surface area contributed by atoms with Crippen LogP contribution >= 0.6 is 11.6 Å². The van der Waals surface area contributed by atoms with Crippen molar-refractivity contribution in [3.8, 4) is 6.07 Å². The van der Waals surface area contributed by atoms with Crippen LogP contribution in [0.25, 0.3) is 0 Å². The number of amides is 4. The van der Waals surface area contributed by atoms with E-state index in [-0.39, 0.29) is 41.1 Å². The van der Waals surface area contributed by atoms with Crippen molar-refractivity contribution in [2.75, 3.05) is 47.8 Å². The third kappa shape index (κ3) is 7.93. The van der Waals surface area contributed by atoms with Gasteiger partial charge in [-0.2, -0.15) is 9.65 Å². The lowest BCUT2D eigenvalue weighted by atomic mass is 9.60. The summed E-state index contributed by atoms with van der Waals surface area (Å²) in [5.74, 6) is -1.36. The van der Waals surface area contributed by atoms with Gasteiger partial charge in [0.1, 0.15) is 30.1 Å². The number of nitrogens with zero attached hydrogens (tertiary/aromatic N) is 8. The Labute approximate surface area is 369 Å². The van der Waals surface area contributed by atoms with Crippen molar-refractivity contribution in [3.05, 3.63) is 99.3 Å². The standard InChI is InChI=1S/C46H47ClFN11O4/c47-36-20-32(2-1-27(36)23-49)58-16-11-34-37(25-58)50-26-51-42(34)54-39-7-5-35(41(48)53-39)43(61)52-29-21-46(22-29)12-17-57(18-13-46)30-9-14-56(15-10-30)31-3-4-33-28(19-31)24-59(45(33)63)38-6-8-40(60)55-44(38)62/h1-5,7,19-20,26,29-30,38H,6,8-18,21-22,24-25H2,(H,52,61)(H,55,60,62)(H,50,51,53,54). The molecular formula is C46H47ClFN11O4. The SMILES string of the molecule is N#Cc1ccc(N2CCc3c(ncnc3Nc3ccc(C(=O)NC4CC5(CCN(C6CCN(c7ccc8c(c7)CN(C7CCC(=O)NC7=O)C8=O)CC6)CC5)C4)c(F)n3)C2)cc1Cl. The molecule has 7 heterocycles. The third-order valence-corrected chi connectivity index (χ3v) is 14.5. The second-order valence-electron chi connectivity index (χ2n) is 17.8. The number of halogens is 2. The number of carbonyl (C=O) groups is 4. The number of hydrogen-bond acceptors (Lipinski definition) is 12. The molecule has 1 spiro atoms. The highest BCUT2D eigenvalue weighted by Crippen LogP contribution is 2.50. The Kier molecular flexibility index (Phi) is 10.7. The Bertz CT molecular complexity index is 2560. The summed E-state index contributed by atoms with van der Waals surface area (Å²) in [6.45, 7) is 5.44. The Morgan fingerprint density at radius 2 is 1.68 bits per heavy atom. The summed E-state index contributed by atoms with van der Waals surface area (Å²) in [5.41, 5.74) is 5.79. The first-order valence-corrected chi connectivity index (χ1v) is 22.2. The molecule has 4 aromatic rings. The van der Waals surface area contributed by atoms with Crippen LogP contribution in [-0.4, -0.2) is 99.2 Å². The highest BCUT2D eigenvalue weighted by Gasteiger charge is 2.47. The lowest BCUT2D eigenvalue weighted by molar-refractivity contribution is -0.136. The molecule has 2 aromatic carbocycles. The van der Waals surface area contributed by atoms with Gasteiger partial charge in [-0.15, -0.1) is 0 Å². The highest BCUT2D eigenvalue weighted by molar-refractivity contribution is 6.32. The van der Waals surface area contributed by atoms with Crippen molar-refractivity contribution in [1.82, 2.24) is 35.4 Å². The maximum absolute atomic E-state index is 15.4. The lowest BCUT2D eigenvalue weighted by Gasteiger charge is -2.54. The van der Waals surface area contributed by atoms with Crippen molar-refractivity contribution in [2.45, 2.75) is 89.0 Å². The second kappa shape index (κ2) is 16.5. The van der Waals surface area contributed by atoms with Crippen molar-refractivity contribution in [1.29, 1.82) is 5.26 Å². The molecule has 10 rings (SSSR count). The number of likely N-dealkylation sites (tertiary alicyclic amines) is 1. The van der Waals surface area contributed by atoms with E-state index in [1.54, 1.807) is 23.1 Å². The molecule has 6 aliphatic rings. The largest absolute Gasteiger partial charge is 0.371 e. The number of rotatable bonds is 8. The molecule has 324 valence electrons. The van der Waals surface area contributed by atoms with Gasteiger partial charge in [0.15, 0.2) is 0 Å². The summed E-state index contributed by atoms with van der Waals surface area (Å²) < 4.78 is 15.4. The van der Waals surface area contributed by atoms with E-state index in [0.29, 0.717) is 60.5 Å². The van der Waals surface area contributed by atoms with Gasteiger partial charge in [0.05, 0.1) is 28.4 Å². The van der Waals surface area contributed by atoms with Crippen LogP contribution in [0.4, 0.5) is 27.4 Å². The Balaban J connectivity index is 0.675. The van der Waals surface area contributed by atoms with Gasteiger partial charge in [-0.3, -0.25) is 24.5 Å². The van der Waals surface area contributed by atoms with E-state index >= 15 is 4.39 Å². The zero-order valence-electron chi connectivity index (χ0n) is 34.7. The van der Waals surface area contributed by atoms with E-state index < -0.39 is 23.8 Å². The minimum Gasteiger partial charge on any atom is -0.371 e. The summed E-state index contributed by atoms with van der Waals surface area (Å²) in [7, 11) is 0. The Morgan fingerprint density at radius 3 is 2.43 bits per heavy atom. The van der Waals surface area contributed by atoms with E-state index in [4.69, 9.17) is 11.6 Å². The maximum atomic E-state index is 15.4. The van der Waals surface area contributed by atoms with Gasteiger partial charge < -0.3 is 30.2 Å². The van der Waals surface area contributed by atoms with Crippen LogP contribution in [0.2, 0.25) is 5.02 Å². The molecule has 0 bridgehead atoms. The van der Waals surface area contributed by atoms with Crippen LogP contribution in [0.1, 0.15) is 94.5 Å². The van der Waals surface area contributed by atoms with Crippen molar-refractivity contribution < 1.29 is 23.6 Å². The topological polar surface area (TPSA) is 180 Å². The number of aromatic nitrogens is 3. The number of nitrogens with one attached hydrogen (secondary N) is 3. The number of nitriles is 1. The summed E-state index contributed by atoms with van der Waals surface area (Å²) in [6.07, 6.45) is 8.69. The van der Waals surface area contributed by atoms with Crippen LogP contribution in [0, 0.1) is 22.7 Å². The number of benzene rings is 2. The molecule has 1 saturated carbocycles. The Morgan fingerprint density at radius 1 is 0.905 bits per heavy atom. The molecule has 63 heavy (non-hydrogen) atoms. The molecule has 15 nitrogen and oxygen atoms in total. The fourth-order valence-corrected chi connectivity index (χ4v) is 10.9. The van der Waals surface area contributed by atoms with Gasteiger partial charge in [-0.1, -0.05) is 11.6 Å². The van der Waals surface area contributed by atoms with Gasteiger partial charge in [0.25, 0.3) is 11.8 Å². The van der Waals surface area contributed by atoms with Gasteiger partial charge in [0.2, 0.25) is 17.8 Å². The van der Waals surface area contributed by atoms with Crippen LogP contribution < -0.4 is 25.8 Å². The summed E-state index contributed by atoms with van der Waals surface area (Å²) >= 11 is 6.28. The number of imide groups is 1. The molecule has 4 fully saturated rings. The molecule has 17 heteroatoms. The number of pyridine rings is 1. The van der Waals surface area contributed by atoms with Crippen LogP contribution in [0.3, 0.4) is 0 Å². The van der Waals surface area contributed by atoms with Crippen molar-refractivity contribution in [2.24, 2.45) is 5.41 Å².